The van der Waals surface area contributed by atoms with Crippen molar-refractivity contribution in [1.82, 2.24) is 0 Å². The maximum Gasteiger partial charge on any atom is 0.176 e. The Kier molecular flexibility index (Phi) is 2.82. The normalized spacial score (nSPS) is 46.0. The fourth-order valence-electron chi connectivity index (χ4n) is 4.37. The van der Waals surface area contributed by atoms with E-state index >= 15 is 0 Å². The molecule has 3 rings (SSSR count). The molecule has 1 aliphatic carbocycles. The molecule has 0 N–H and O–H groups in total. The summed E-state index contributed by atoms with van der Waals surface area (Å²) >= 11 is 0. The highest BCUT2D eigenvalue weighted by Crippen LogP contribution is 2.59. The Bertz CT molecular complexity index is 333. The zero-order valence-corrected chi connectivity index (χ0v) is 12.1. The van der Waals surface area contributed by atoms with E-state index in [0.29, 0.717) is 6.10 Å². The summed E-state index contributed by atoms with van der Waals surface area (Å²) in [6.07, 6.45) is 5.19. The molecule has 0 bridgehead atoms. The van der Waals surface area contributed by atoms with Gasteiger partial charge in [-0.3, -0.25) is 0 Å². The lowest BCUT2D eigenvalue weighted by Gasteiger charge is -2.60. The third-order valence-electron chi connectivity index (χ3n) is 5.54. The van der Waals surface area contributed by atoms with Crippen molar-refractivity contribution < 1.29 is 14.2 Å². The Labute approximate surface area is 110 Å². The van der Waals surface area contributed by atoms with Gasteiger partial charge in [0.05, 0.1) is 25.4 Å². The highest BCUT2D eigenvalue weighted by Gasteiger charge is 2.63. The fraction of sp³-hybridized carbons (Fsp3) is 1.00. The Hall–Kier alpha value is -0.120. The van der Waals surface area contributed by atoms with Crippen molar-refractivity contribution in [3.63, 3.8) is 0 Å². The van der Waals surface area contributed by atoms with Crippen LogP contribution in [0.1, 0.15) is 53.4 Å². The summed E-state index contributed by atoms with van der Waals surface area (Å²) in [6.45, 7) is 10.5. The van der Waals surface area contributed by atoms with Gasteiger partial charge in [-0.05, 0) is 31.6 Å². The van der Waals surface area contributed by atoms with Crippen molar-refractivity contribution in [1.29, 1.82) is 0 Å². The lowest BCUT2D eigenvalue weighted by Crippen LogP contribution is -2.64. The molecule has 0 aromatic rings. The van der Waals surface area contributed by atoms with E-state index in [9.17, 15) is 0 Å². The van der Waals surface area contributed by atoms with Crippen LogP contribution in [0.2, 0.25) is 0 Å². The summed E-state index contributed by atoms with van der Waals surface area (Å²) in [5.74, 6) is -0.408. The molecule has 3 heteroatoms. The average Bonchev–Trinajstić information content (AvgIpc) is 2.79. The summed E-state index contributed by atoms with van der Waals surface area (Å²) in [5, 5.41) is 0. The summed E-state index contributed by atoms with van der Waals surface area (Å²) in [4.78, 5) is 0. The number of rotatable bonds is 0. The lowest BCUT2D eigenvalue weighted by molar-refractivity contribution is -0.319. The third kappa shape index (κ3) is 1.60. The van der Waals surface area contributed by atoms with E-state index in [-0.39, 0.29) is 16.9 Å². The van der Waals surface area contributed by atoms with Crippen molar-refractivity contribution in [3.05, 3.63) is 0 Å². The molecule has 1 spiro atoms. The van der Waals surface area contributed by atoms with E-state index in [1.54, 1.807) is 0 Å². The van der Waals surface area contributed by atoms with Crippen molar-refractivity contribution in [2.75, 3.05) is 13.2 Å². The first-order valence-corrected chi connectivity index (χ1v) is 7.33. The van der Waals surface area contributed by atoms with Crippen LogP contribution in [0, 0.1) is 10.8 Å². The van der Waals surface area contributed by atoms with Crippen LogP contribution in [-0.4, -0.2) is 31.2 Å². The first kappa shape index (κ1) is 12.9. The predicted molar refractivity (Wildman–Crippen MR) is 69.3 cm³/mol. The molecule has 1 saturated carbocycles. The highest BCUT2D eigenvalue weighted by atomic mass is 16.7. The van der Waals surface area contributed by atoms with E-state index in [4.69, 9.17) is 14.2 Å². The molecule has 3 fully saturated rings. The topological polar surface area (TPSA) is 27.7 Å². The Balaban J connectivity index is 1.94. The maximum atomic E-state index is 6.34. The molecule has 0 aromatic carbocycles. The van der Waals surface area contributed by atoms with Crippen LogP contribution in [0.4, 0.5) is 0 Å². The maximum absolute atomic E-state index is 6.34. The van der Waals surface area contributed by atoms with Gasteiger partial charge in [-0.15, -0.1) is 0 Å². The molecule has 2 unspecified atom stereocenters. The first-order chi connectivity index (χ1) is 8.40. The largest absolute Gasteiger partial charge is 0.374 e. The molecule has 18 heavy (non-hydrogen) atoms. The van der Waals surface area contributed by atoms with E-state index in [1.807, 2.05) is 0 Å². The molecule has 3 atom stereocenters. The SMILES string of the molecule is CC1CCC2(C)CCC3(OCCO3)C(C)(C)[C@@H]2O1. The summed E-state index contributed by atoms with van der Waals surface area (Å²) in [6, 6.07) is 0. The molecular weight excluding hydrogens is 228 g/mol. The van der Waals surface area contributed by atoms with Gasteiger partial charge in [-0.25, -0.2) is 0 Å². The van der Waals surface area contributed by atoms with Crippen LogP contribution >= 0.6 is 0 Å². The number of ether oxygens (including phenoxy) is 3. The Morgan fingerprint density at radius 1 is 0.944 bits per heavy atom. The quantitative estimate of drug-likeness (QED) is 0.664. The average molecular weight is 254 g/mol. The van der Waals surface area contributed by atoms with Gasteiger partial charge in [0.25, 0.3) is 0 Å². The second-order valence-corrected chi connectivity index (χ2v) is 7.19. The van der Waals surface area contributed by atoms with Crippen LogP contribution in [0.15, 0.2) is 0 Å². The van der Waals surface area contributed by atoms with Crippen LogP contribution in [0.3, 0.4) is 0 Å². The fourth-order valence-corrected chi connectivity index (χ4v) is 4.37. The van der Waals surface area contributed by atoms with Gasteiger partial charge < -0.3 is 14.2 Å². The van der Waals surface area contributed by atoms with Crippen LogP contribution in [0.5, 0.6) is 0 Å². The van der Waals surface area contributed by atoms with E-state index in [2.05, 4.69) is 27.7 Å². The molecule has 3 nitrogen and oxygen atoms in total. The molecule has 2 heterocycles. The van der Waals surface area contributed by atoms with E-state index in [0.717, 1.165) is 26.1 Å². The smallest absolute Gasteiger partial charge is 0.176 e. The first-order valence-electron chi connectivity index (χ1n) is 7.33. The highest BCUT2D eigenvalue weighted by molar-refractivity contribution is 5.08. The third-order valence-corrected chi connectivity index (χ3v) is 5.54. The lowest BCUT2D eigenvalue weighted by atomic mass is 9.56. The van der Waals surface area contributed by atoms with Gasteiger partial charge >= 0.3 is 0 Å². The minimum Gasteiger partial charge on any atom is -0.374 e. The zero-order chi connectivity index (χ0) is 13.0. The molecular formula is C15H26O3. The van der Waals surface area contributed by atoms with Crippen molar-refractivity contribution >= 4 is 0 Å². The number of fused-ring (bicyclic) bond motifs is 1. The monoisotopic (exact) mass is 254 g/mol. The predicted octanol–water partition coefficient (Wildman–Crippen LogP) is 3.12. The second-order valence-electron chi connectivity index (χ2n) is 7.19. The summed E-state index contributed by atoms with van der Waals surface area (Å²) in [7, 11) is 0. The van der Waals surface area contributed by atoms with Gasteiger partial charge in [0, 0.05) is 11.8 Å². The number of hydrogen-bond acceptors (Lipinski definition) is 3. The zero-order valence-electron chi connectivity index (χ0n) is 12.1. The van der Waals surface area contributed by atoms with Gasteiger partial charge in [0.2, 0.25) is 0 Å². The van der Waals surface area contributed by atoms with E-state index in [1.165, 1.54) is 12.8 Å². The molecule has 0 amide bonds. The van der Waals surface area contributed by atoms with Crippen molar-refractivity contribution in [2.24, 2.45) is 10.8 Å². The molecule has 0 aromatic heterocycles. The van der Waals surface area contributed by atoms with Gasteiger partial charge in [0.1, 0.15) is 0 Å². The Morgan fingerprint density at radius 2 is 1.61 bits per heavy atom. The molecule has 2 aliphatic heterocycles. The van der Waals surface area contributed by atoms with Gasteiger partial charge in [-0.2, -0.15) is 0 Å². The molecule has 2 saturated heterocycles. The molecule has 3 aliphatic rings. The second kappa shape index (κ2) is 3.94. The number of hydrogen-bond donors (Lipinski definition) is 0. The molecule has 104 valence electrons. The van der Waals surface area contributed by atoms with E-state index < -0.39 is 5.79 Å². The minimum absolute atomic E-state index is 0.0782. The van der Waals surface area contributed by atoms with Crippen molar-refractivity contribution in [2.45, 2.75) is 71.4 Å². The van der Waals surface area contributed by atoms with Gasteiger partial charge in [-0.1, -0.05) is 20.8 Å². The van der Waals surface area contributed by atoms with Crippen LogP contribution < -0.4 is 0 Å². The summed E-state index contributed by atoms with van der Waals surface area (Å²) in [5.41, 5.74) is 0.210. The standard InChI is InChI=1S/C15H26O3/c1-11-5-6-14(4)7-8-15(16-9-10-17-15)13(2,3)12(14)18-11/h11-12H,5-10H2,1-4H3/t11?,12-,14?/m0/s1. The van der Waals surface area contributed by atoms with Crippen LogP contribution in [-0.2, 0) is 14.2 Å². The van der Waals surface area contributed by atoms with Crippen LogP contribution in [0.25, 0.3) is 0 Å². The van der Waals surface area contributed by atoms with Gasteiger partial charge in [0.15, 0.2) is 5.79 Å². The molecule has 0 radical (unpaired) electrons. The van der Waals surface area contributed by atoms with Crippen molar-refractivity contribution in [3.8, 4) is 0 Å². The Morgan fingerprint density at radius 3 is 2.28 bits per heavy atom. The minimum atomic E-state index is -0.408. The summed E-state index contributed by atoms with van der Waals surface area (Å²) < 4.78 is 18.4.